The summed E-state index contributed by atoms with van der Waals surface area (Å²) < 4.78 is 5.17. The summed E-state index contributed by atoms with van der Waals surface area (Å²) in [7, 11) is 1.56. The molecule has 6 nitrogen and oxygen atoms in total. The Hall–Kier alpha value is -2.90. The topological polar surface area (TPSA) is 71.5 Å². The molecule has 1 N–H and O–H groups in total. The number of anilines is 1. The minimum Gasteiger partial charge on any atom is -0.495 e. The maximum Gasteiger partial charge on any atom is 0.254 e. The van der Waals surface area contributed by atoms with Crippen LogP contribution in [0.3, 0.4) is 0 Å². The SMILES string of the molecule is COc1ccc(-c2csc(NC(=O)C3CCCN3C(=O)c3ccccc3)n2)cc1Cl. The minimum atomic E-state index is -0.500. The molecule has 2 aromatic carbocycles. The number of hydrogen-bond acceptors (Lipinski definition) is 5. The number of carbonyl (C=O) groups is 2. The van der Waals surface area contributed by atoms with Gasteiger partial charge in [0, 0.05) is 23.1 Å². The quantitative estimate of drug-likeness (QED) is 0.622. The zero-order chi connectivity index (χ0) is 21.1. The number of likely N-dealkylation sites (tertiary alicyclic amines) is 1. The van der Waals surface area contributed by atoms with Gasteiger partial charge in [-0.2, -0.15) is 0 Å². The molecule has 2 heterocycles. The summed E-state index contributed by atoms with van der Waals surface area (Å²) in [6, 6.07) is 14.0. The number of rotatable bonds is 5. The van der Waals surface area contributed by atoms with E-state index in [-0.39, 0.29) is 11.8 Å². The average molecular weight is 442 g/mol. The molecule has 1 saturated heterocycles. The number of nitrogens with one attached hydrogen (secondary N) is 1. The van der Waals surface area contributed by atoms with E-state index in [1.165, 1.54) is 11.3 Å². The van der Waals surface area contributed by atoms with Gasteiger partial charge in [0.2, 0.25) is 5.91 Å². The summed E-state index contributed by atoms with van der Waals surface area (Å²) in [5.41, 5.74) is 2.13. The van der Waals surface area contributed by atoms with Crippen molar-refractivity contribution in [3.8, 4) is 17.0 Å². The molecule has 0 aliphatic carbocycles. The third-order valence-electron chi connectivity index (χ3n) is 5.02. The Bertz CT molecular complexity index is 1070. The van der Waals surface area contributed by atoms with Gasteiger partial charge in [0.25, 0.3) is 5.91 Å². The highest BCUT2D eigenvalue weighted by molar-refractivity contribution is 7.14. The smallest absolute Gasteiger partial charge is 0.254 e. The van der Waals surface area contributed by atoms with Gasteiger partial charge in [0.05, 0.1) is 17.8 Å². The number of ether oxygens (including phenoxy) is 1. The molecule has 1 fully saturated rings. The zero-order valence-electron chi connectivity index (χ0n) is 16.3. The first-order valence-corrected chi connectivity index (χ1v) is 10.8. The summed E-state index contributed by atoms with van der Waals surface area (Å²) >= 11 is 7.53. The van der Waals surface area contributed by atoms with Crippen molar-refractivity contribution in [2.45, 2.75) is 18.9 Å². The van der Waals surface area contributed by atoms with Gasteiger partial charge >= 0.3 is 0 Å². The van der Waals surface area contributed by atoms with Crippen molar-refractivity contribution in [2.24, 2.45) is 0 Å². The number of methoxy groups -OCH3 is 1. The van der Waals surface area contributed by atoms with E-state index in [2.05, 4.69) is 10.3 Å². The second kappa shape index (κ2) is 8.85. The van der Waals surface area contributed by atoms with Crippen LogP contribution < -0.4 is 10.1 Å². The fourth-order valence-corrected chi connectivity index (χ4v) is 4.49. The minimum absolute atomic E-state index is 0.124. The lowest BCUT2D eigenvalue weighted by Crippen LogP contribution is -2.43. The van der Waals surface area contributed by atoms with E-state index in [1.807, 2.05) is 29.6 Å². The first-order valence-electron chi connectivity index (χ1n) is 9.53. The van der Waals surface area contributed by atoms with Crippen LogP contribution in [-0.2, 0) is 4.79 Å². The van der Waals surface area contributed by atoms with Gasteiger partial charge in [0.1, 0.15) is 11.8 Å². The van der Waals surface area contributed by atoms with Crippen LogP contribution in [0, 0.1) is 0 Å². The molecule has 4 rings (SSSR count). The second-order valence-electron chi connectivity index (χ2n) is 6.90. The van der Waals surface area contributed by atoms with Gasteiger partial charge in [-0.15, -0.1) is 11.3 Å². The van der Waals surface area contributed by atoms with E-state index < -0.39 is 6.04 Å². The molecule has 0 radical (unpaired) electrons. The molecule has 8 heteroatoms. The highest BCUT2D eigenvalue weighted by atomic mass is 35.5. The van der Waals surface area contributed by atoms with E-state index in [1.54, 1.807) is 36.3 Å². The largest absolute Gasteiger partial charge is 0.495 e. The molecule has 30 heavy (non-hydrogen) atoms. The summed E-state index contributed by atoms with van der Waals surface area (Å²) in [6.45, 7) is 0.569. The molecule has 0 bridgehead atoms. The van der Waals surface area contributed by atoms with Crippen molar-refractivity contribution >= 4 is 39.9 Å². The predicted octanol–water partition coefficient (Wildman–Crippen LogP) is 4.72. The summed E-state index contributed by atoms with van der Waals surface area (Å²) in [6.07, 6.45) is 1.43. The molecule has 0 spiro atoms. The molecule has 0 saturated carbocycles. The number of aromatic nitrogens is 1. The molecular formula is C22H20ClN3O3S. The molecule has 1 atom stereocenters. The van der Waals surface area contributed by atoms with Crippen LogP contribution in [0.4, 0.5) is 5.13 Å². The molecule has 3 aromatic rings. The lowest BCUT2D eigenvalue weighted by Gasteiger charge is -2.23. The number of nitrogens with zero attached hydrogens (tertiary/aromatic N) is 2. The third kappa shape index (κ3) is 4.17. The van der Waals surface area contributed by atoms with E-state index in [0.717, 1.165) is 12.0 Å². The van der Waals surface area contributed by atoms with Crippen LogP contribution in [-0.4, -0.2) is 41.4 Å². The van der Waals surface area contributed by atoms with Crippen molar-refractivity contribution < 1.29 is 14.3 Å². The highest BCUT2D eigenvalue weighted by Crippen LogP contribution is 2.32. The van der Waals surface area contributed by atoms with Crippen LogP contribution in [0.15, 0.2) is 53.9 Å². The van der Waals surface area contributed by atoms with Crippen molar-refractivity contribution in [3.05, 3.63) is 64.5 Å². The molecule has 154 valence electrons. The van der Waals surface area contributed by atoms with Crippen molar-refractivity contribution in [1.29, 1.82) is 0 Å². The Kier molecular flexibility index (Phi) is 6.01. The van der Waals surface area contributed by atoms with Gasteiger partial charge in [0.15, 0.2) is 5.13 Å². The van der Waals surface area contributed by atoms with Gasteiger partial charge < -0.3 is 15.0 Å². The third-order valence-corrected chi connectivity index (χ3v) is 6.07. The van der Waals surface area contributed by atoms with E-state index >= 15 is 0 Å². The number of hydrogen-bond donors (Lipinski definition) is 1. The van der Waals surface area contributed by atoms with E-state index in [9.17, 15) is 9.59 Å². The van der Waals surface area contributed by atoms with Crippen molar-refractivity contribution in [2.75, 3.05) is 19.0 Å². The highest BCUT2D eigenvalue weighted by Gasteiger charge is 2.34. The van der Waals surface area contributed by atoms with Gasteiger partial charge in [-0.1, -0.05) is 29.8 Å². The average Bonchev–Trinajstić information content (AvgIpc) is 3.43. The number of thiazole rings is 1. The Morgan fingerprint density at radius 3 is 2.77 bits per heavy atom. The number of benzene rings is 2. The molecule has 1 aliphatic rings. The lowest BCUT2D eigenvalue weighted by molar-refractivity contribution is -0.119. The van der Waals surface area contributed by atoms with Crippen LogP contribution in [0.2, 0.25) is 5.02 Å². The number of halogens is 1. The Labute approximate surface area is 183 Å². The Morgan fingerprint density at radius 2 is 2.03 bits per heavy atom. The maximum absolute atomic E-state index is 12.9. The van der Waals surface area contributed by atoms with Crippen molar-refractivity contribution in [3.63, 3.8) is 0 Å². The first-order chi connectivity index (χ1) is 14.6. The van der Waals surface area contributed by atoms with Gasteiger partial charge in [-0.25, -0.2) is 4.98 Å². The van der Waals surface area contributed by atoms with E-state index in [0.29, 0.717) is 40.1 Å². The fraction of sp³-hybridized carbons (Fsp3) is 0.227. The normalized spacial score (nSPS) is 15.8. The molecule has 1 unspecified atom stereocenters. The Morgan fingerprint density at radius 1 is 1.23 bits per heavy atom. The zero-order valence-corrected chi connectivity index (χ0v) is 17.9. The van der Waals surface area contributed by atoms with Crippen LogP contribution in [0.5, 0.6) is 5.75 Å². The Balaban J connectivity index is 1.46. The monoisotopic (exact) mass is 441 g/mol. The number of carbonyl (C=O) groups excluding carboxylic acids is 2. The van der Waals surface area contributed by atoms with Crippen LogP contribution in [0.1, 0.15) is 23.2 Å². The van der Waals surface area contributed by atoms with Gasteiger partial charge in [-0.05, 0) is 43.2 Å². The maximum atomic E-state index is 12.9. The summed E-state index contributed by atoms with van der Waals surface area (Å²) in [4.78, 5) is 31.8. The van der Waals surface area contributed by atoms with Crippen LogP contribution in [0.25, 0.3) is 11.3 Å². The molecule has 2 amide bonds. The first kappa shape index (κ1) is 20.4. The van der Waals surface area contributed by atoms with Gasteiger partial charge in [-0.3, -0.25) is 9.59 Å². The van der Waals surface area contributed by atoms with Crippen LogP contribution >= 0.6 is 22.9 Å². The summed E-state index contributed by atoms with van der Waals surface area (Å²) in [5.74, 6) is 0.250. The predicted molar refractivity (Wildman–Crippen MR) is 118 cm³/mol. The fourth-order valence-electron chi connectivity index (χ4n) is 3.51. The van der Waals surface area contributed by atoms with Crippen molar-refractivity contribution in [1.82, 2.24) is 9.88 Å². The molecular weight excluding hydrogens is 422 g/mol. The number of amides is 2. The standard InChI is InChI=1S/C22H20ClN3O3S/c1-29-19-10-9-15(12-16(19)23)17-13-30-22(24-17)25-20(27)18-8-5-11-26(18)21(28)14-6-3-2-4-7-14/h2-4,6-7,9-10,12-13,18H,5,8,11H2,1H3,(H,24,25,27). The molecule has 1 aliphatic heterocycles. The lowest BCUT2D eigenvalue weighted by atomic mass is 10.1. The van der Waals surface area contributed by atoms with E-state index in [4.69, 9.17) is 16.3 Å². The second-order valence-corrected chi connectivity index (χ2v) is 8.16. The summed E-state index contributed by atoms with van der Waals surface area (Å²) in [5, 5.41) is 5.70. The molecule has 1 aromatic heterocycles.